The number of hydrazone groups is 1. The first-order valence-corrected chi connectivity index (χ1v) is 10.8. The second kappa shape index (κ2) is 8.45. The van der Waals surface area contributed by atoms with Gasteiger partial charge in [0.1, 0.15) is 28.9 Å². The van der Waals surface area contributed by atoms with E-state index in [2.05, 4.69) is 19.7 Å². The van der Waals surface area contributed by atoms with Gasteiger partial charge in [0.15, 0.2) is 0 Å². The molecule has 35 heavy (non-hydrogen) atoms. The van der Waals surface area contributed by atoms with E-state index in [1.807, 2.05) is 11.9 Å². The van der Waals surface area contributed by atoms with E-state index in [0.717, 1.165) is 13.1 Å². The number of nitro groups is 1. The Morgan fingerprint density at radius 2 is 2.06 bits per heavy atom. The number of piperazine rings is 1. The van der Waals surface area contributed by atoms with Gasteiger partial charge in [0.2, 0.25) is 0 Å². The van der Waals surface area contributed by atoms with E-state index in [4.69, 9.17) is 9.15 Å². The van der Waals surface area contributed by atoms with Crippen molar-refractivity contribution in [2.75, 3.05) is 32.7 Å². The maximum absolute atomic E-state index is 12.4. The third kappa shape index (κ3) is 5.16. The van der Waals surface area contributed by atoms with Crippen molar-refractivity contribution >= 4 is 23.0 Å². The molecule has 2 aliphatic rings. The Morgan fingerprint density at radius 3 is 2.74 bits per heavy atom. The second-order valence-corrected chi connectivity index (χ2v) is 8.69. The number of benzene rings is 1. The molecule has 1 aromatic carbocycles. The normalized spacial score (nSPS) is 21.0. The van der Waals surface area contributed by atoms with Crippen LogP contribution in [0.5, 0.6) is 11.8 Å². The molecule has 0 aliphatic carbocycles. The van der Waals surface area contributed by atoms with Crippen molar-refractivity contribution in [3.05, 3.63) is 46.3 Å². The Morgan fingerprint density at radius 1 is 1.29 bits per heavy atom. The summed E-state index contributed by atoms with van der Waals surface area (Å²) in [5.74, 6) is -0.123. The van der Waals surface area contributed by atoms with Gasteiger partial charge in [-0.3, -0.25) is 14.5 Å². The lowest BCUT2D eigenvalue weighted by molar-refractivity contribution is -0.389. The summed E-state index contributed by atoms with van der Waals surface area (Å²) >= 11 is 0. The van der Waals surface area contributed by atoms with Crippen LogP contribution in [0, 0.1) is 10.1 Å². The molecule has 1 atom stereocenters. The summed E-state index contributed by atoms with van der Waals surface area (Å²) in [6, 6.07) is 5.73. The number of ether oxygens (including phenoxy) is 2. The first kappa shape index (κ1) is 23.0. The molecule has 0 spiro atoms. The van der Waals surface area contributed by atoms with Crippen LogP contribution in [0.25, 0.3) is 11.0 Å². The minimum absolute atomic E-state index is 0.229. The van der Waals surface area contributed by atoms with E-state index < -0.39 is 16.9 Å². The minimum atomic E-state index is -4.76. The number of alkyl halides is 3. The molecule has 2 aliphatic heterocycles. The zero-order valence-corrected chi connectivity index (χ0v) is 18.6. The summed E-state index contributed by atoms with van der Waals surface area (Å²) in [7, 11) is 0. The van der Waals surface area contributed by atoms with E-state index in [-0.39, 0.29) is 17.6 Å². The maximum Gasteiger partial charge on any atom is 0.573 e. The SMILES string of the molecule is C[C@]1(CN2CCN(/N=C/c3cc4cc(OC(F)(F)F)ccc4o3)CC2)Cn2cc([N+](=O)[O-])nc2O1. The monoisotopic (exact) mass is 494 g/mol. The van der Waals surface area contributed by atoms with Crippen molar-refractivity contribution in [1.29, 1.82) is 0 Å². The van der Waals surface area contributed by atoms with Gasteiger partial charge in [-0.1, -0.05) is 0 Å². The molecule has 4 heterocycles. The highest BCUT2D eigenvalue weighted by atomic mass is 19.4. The molecule has 2 aromatic heterocycles. The first-order valence-electron chi connectivity index (χ1n) is 10.8. The van der Waals surface area contributed by atoms with Gasteiger partial charge in [0.05, 0.1) is 12.8 Å². The van der Waals surface area contributed by atoms with E-state index in [0.29, 0.717) is 42.9 Å². The third-order valence-electron chi connectivity index (χ3n) is 5.75. The Hall–Kier alpha value is -3.81. The summed E-state index contributed by atoms with van der Waals surface area (Å²) < 4.78 is 54.4. The molecule has 0 N–H and O–H groups in total. The molecule has 0 radical (unpaired) electrons. The number of furan rings is 1. The van der Waals surface area contributed by atoms with E-state index in [9.17, 15) is 23.3 Å². The minimum Gasteiger partial charge on any atom is -0.455 e. The zero-order valence-electron chi connectivity index (χ0n) is 18.6. The molecule has 14 heteroatoms. The fraction of sp³-hybridized carbons (Fsp3) is 0.429. The summed E-state index contributed by atoms with van der Waals surface area (Å²) in [6.07, 6.45) is -1.84. The van der Waals surface area contributed by atoms with Crippen LogP contribution < -0.4 is 9.47 Å². The number of halogens is 3. The Balaban J connectivity index is 1.14. The van der Waals surface area contributed by atoms with Gasteiger partial charge in [0.25, 0.3) is 0 Å². The molecule has 1 saturated heterocycles. The Bertz CT molecular complexity index is 1250. The van der Waals surface area contributed by atoms with E-state index in [1.165, 1.54) is 30.6 Å². The van der Waals surface area contributed by atoms with Gasteiger partial charge in [-0.2, -0.15) is 5.10 Å². The molecular weight excluding hydrogens is 473 g/mol. The van der Waals surface area contributed by atoms with Crippen molar-refractivity contribution in [3.8, 4) is 11.8 Å². The van der Waals surface area contributed by atoms with E-state index in [1.54, 1.807) is 10.6 Å². The topological polar surface area (TPSA) is 111 Å². The fourth-order valence-corrected chi connectivity index (χ4v) is 4.29. The fourth-order valence-electron chi connectivity index (χ4n) is 4.29. The summed E-state index contributed by atoms with van der Waals surface area (Å²) in [6.45, 7) is 5.84. The van der Waals surface area contributed by atoms with Crippen LogP contribution in [0.15, 0.2) is 40.0 Å². The van der Waals surface area contributed by atoms with Crippen molar-refractivity contribution in [2.45, 2.75) is 25.4 Å². The average Bonchev–Trinajstić information content (AvgIpc) is 3.42. The van der Waals surface area contributed by atoms with Gasteiger partial charge in [0, 0.05) is 43.1 Å². The molecule has 11 nitrogen and oxygen atoms in total. The molecule has 0 bridgehead atoms. The van der Waals surface area contributed by atoms with Crippen LogP contribution in [0.4, 0.5) is 19.0 Å². The molecule has 0 amide bonds. The van der Waals surface area contributed by atoms with Crippen LogP contribution in [0.3, 0.4) is 0 Å². The second-order valence-electron chi connectivity index (χ2n) is 8.69. The first-order chi connectivity index (χ1) is 16.6. The van der Waals surface area contributed by atoms with Crippen LogP contribution in [0.2, 0.25) is 0 Å². The molecule has 0 unspecified atom stereocenters. The highest BCUT2D eigenvalue weighted by molar-refractivity contribution is 5.87. The van der Waals surface area contributed by atoms with Crippen LogP contribution in [0.1, 0.15) is 12.7 Å². The largest absolute Gasteiger partial charge is 0.573 e. The van der Waals surface area contributed by atoms with E-state index >= 15 is 0 Å². The summed E-state index contributed by atoms with van der Waals surface area (Å²) in [5.41, 5.74) is -0.104. The number of hydrogen-bond donors (Lipinski definition) is 0. The number of rotatable bonds is 6. The molecule has 5 rings (SSSR count). The lowest BCUT2D eigenvalue weighted by Crippen LogP contribution is -2.51. The molecule has 1 fully saturated rings. The van der Waals surface area contributed by atoms with Crippen molar-refractivity contribution < 1.29 is 32.0 Å². The third-order valence-corrected chi connectivity index (χ3v) is 5.75. The zero-order chi connectivity index (χ0) is 24.8. The van der Waals surface area contributed by atoms with Crippen LogP contribution >= 0.6 is 0 Å². The molecule has 0 saturated carbocycles. The van der Waals surface area contributed by atoms with Crippen molar-refractivity contribution in [1.82, 2.24) is 19.5 Å². The lowest BCUT2D eigenvalue weighted by atomic mass is 10.1. The van der Waals surface area contributed by atoms with Gasteiger partial charge in [-0.25, -0.2) is 0 Å². The highest BCUT2D eigenvalue weighted by Crippen LogP contribution is 2.32. The number of fused-ring (bicyclic) bond motifs is 2. The molecule has 186 valence electrons. The van der Waals surface area contributed by atoms with Gasteiger partial charge in [-0.05, 0) is 36.1 Å². The van der Waals surface area contributed by atoms with Gasteiger partial charge in [-0.15, -0.1) is 13.2 Å². The molecule has 3 aromatic rings. The Labute approximate surface area is 196 Å². The number of hydrogen-bond acceptors (Lipinski definition) is 9. The molecular formula is C21H21F3N6O5. The average molecular weight is 494 g/mol. The van der Waals surface area contributed by atoms with Crippen LogP contribution in [-0.4, -0.2) is 75.3 Å². The quantitative estimate of drug-likeness (QED) is 0.292. The predicted molar refractivity (Wildman–Crippen MR) is 116 cm³/mol. The van der Waals surface area contributed by atoms with Crippen LogP contribution in [-0.2, 0) is 6.54 Å². The van der Waals surface area contributed by atoms with Crippen molar-refractivity contribution in [2.24, 2.45) is 5.10 Å². The predicted octanol–water partition coefficient (Wildman–Crippen LogP) is 3.24. The standard InChI is InChI=1S/C21H21F3N6O5/c1-20(13-28-11-18(30(31)32)26-19(28)35-20)12-27-4-6-29(7-5-27)25-10-16-9-14-8-15(34-21(22,23)24)2-3-17(14)33-16/h2-3,8-11H,4-7,12-13H2,1H3/b25-10+/t20-/m0/s1. The number of aromatic nitrogens is 2. The smallest absolute Gasteiger partial charge is 0.455 e. The number of nitrogens with zero attached hydrogens (tertiary/aromatic N) is 6. The summed E-state index contributed by atoms with van der Waals surface area (Å²) in [4.78, 5) is 16.5. The lowest BCUT2D eigenvalue weighted by Gasteiger charge is -2.36. The van der Waals surface area contributed by atoms with Crippen molar-refractivity contribution in [3.63, 3.8) is 0 Å². The maximum atomic E-state index is 12.4. The van der Waals surface area contributed by atoms with Gasteiger partial charge >= 0.3 is 18.2 Å². The van der Waals surface area contributed by atoms with Gasteiger partial charge < -0.3 is 24.0 Å². The summed E-state index contributed by atoms with van der Waals surface area (Å²) in [5, 5.41) is 17.7. The Kier molecular flexibility index (Phi) is 5.54. The highest BCUT2D eigenvalue weighted by Gasteiger charge is 2.41. The number of imidazole rings is 1.